The lowest BCUT2D eigenvalue weighted by Crippen LogP contribution is -2.12. The quantitative estimate of drug-likeness (QED) is 0.671. The maximum Gasteiger partial charge on any atom is 0.134 e. The van der Waals surface area contributed by atoms with Crippen LogP contribution in [0.15, 0.2) is 54.9 Å². The van der Waals surface area contributed by atoms with Crippen LogP contribution in [0, 0.1) is 0 Å². The van der Waals surface area contributed by atoms with E-state index in [1.807, 2.05) is 61.9 Å². The average molecular weight is 353 g/mol. The van der Waals surface area contributed by atoms with Gasteiger partial charge < -0.3 is 19.5 Å². The molecule has 0 amide bonds. The van der Waals surface area contributed by atoms with Gasteiger partial charge in [-0.3, -0.25) is 4.68 Å². The lowest BCUT2D eigenvalue weighted by atomic mass is 10.2. The predicted molar refractivity (Wildman–Crippen MR) is 99.8 cm³/mol. The zero-order valence-electron chi connectivity index (χ0n) is 15.2. The number of benzene rings is 2. The van der Waals surface area contributed by atoms with E-state index < -0.39 is 0 Å². The number of hydrogen-bond acceptors (Lipinski definition) is 5. The Bertz CT molecular complexity index is 822. The summed E-state index contributed by atoms with van der Waals surface area (Å²) in [5, 5.41) is 7.56. The Hall–Kier alpha value is -2.99. The lowest BCUT2D eigenvalue weighted by molar-refractivity contribution is 0.386. The molecule has 3 rings (SSSR count). The number of nitrogens with zero attached hydrogens (tertiary/aromatic N) is 2. The van der Waals surface area contributed by atoms with E-state index in [-0.39, 0.29) is 0 Å². The van der Waals surface area contributed by atoms with Crippen LogP contribution in [0.4, 0.5) is 0 Å². The monoisotopic (exact) mass is 353 g/mol. The first kappa shape index (κ1) is 17.8. The van der Waals surface area contributed by atoms with Crippen LogP contribution in [0.2, 0.25) is 0 Å². The Labute approximate surface area is 153 Å². The summed E-state index contributed by atoms with van der Waals surface area (Å²) in [5.74, 6) is 2.81. The van der Waals surface area contributed by atoms with Crippen LogP contribution < -0.4 is 19.5 Å². The highest BCUT2D eigenvalue weighted by molar-refractivity contribution is 5.44. The molecule has 0 atom stereocenters. The summed E-state index contributed by atoms with van der Waals surface area (Å²) in [7, 11) is 5.15. The van der Waals surface area contributed by atoms with E-state index >= 15 is 0 Å². The maximum absolute atomic E-state index is 5.90. The van der Waals surface area contributed by atoms with Gasteiger partial charge in [0, 0.05) is 50.1 Å². The highest BCUT2D eigenvalue weighted by Gasteiger charge is 2.04. The maximum atomic E-state index is 5.90. The molecule has 1 N–H and O–H groups in total. The van der Waals surface area contributed by atoms with Crippen LogP contribution in [-0.2, 0) is 20.1 Å². The van der Waals surface area contributed by atoms with E-state index in [0.29, 0.717) is 17.2 Å². The van der Waals surface area contributed by atoms with Crippen molar-refractivity contribution in [2.45, 2.75) is 13.1 Å². The number of rotatable bonds is 8. The molecule has 26 heavy (non-hydrogen) atoms. The van der Waals surface area contributed by atoms with Crippen molar-refractivity contribution in [1.29, 1.82) is 0 Å². The standard InChI is InChI=1S/C20H23N3O3/c1-23-14-16(13-22-23)12-21-11-15-4-6-17(7-5-15)26-20-9-18(24-2)8-19(10-20)25-3/h4-10,13-14,21H,11-12H2,1-3H3. The number of methoxy groups -OCH3 is 2. The molecule has 0 bridgehead atoms. The Morgan fingerprint density at radius 2 is 1.46 bits per heavy atom. The molecule has 1 aromatic heterocycles. The SMILES string of the molecule is COc1cc(OC)cc(Oc2ccc(CNCc3cnn(C)c3)cc2)c1. The smallest absolute Gasteiger partial charge is 0.134 e. The summed E-state index contributed by atoms with van der Waals surface area (Å²) in [6, 6.07) is 13.5. The average Bonchev–Trinajstić information content (AvgIpc) is 3.08. The topological polar surface area (TPSA) is 57.5 Å². The molecule has 0 spiro atoms. The zero-order valence-corrected chi connectivity index (χ0v) is 15.2. The van der Waals surface area contributed by atoms with Gasteiger partial charge in [-0.2, -0.15) is 5.10 Å². The van der Waals surface area contributed by atoms with E-state index in [9.17, 15) is 0 Å². The van der Waals surface area contributed by atoms with E-state index in [1.54, 1.807) is 18.9 Å². The molecule has 136 valence electrons. The third-order valence-corrected chi connectivity index (χ3v) is 3.90. The molecule has 6 nitrogen and oxygen atoms in total. The Balaban J connectivity index is 1.57. The molecule has 0 aliphatic carbocycles. The number of hydrogen-bond donors (Lipinski definition) is 1. The van der Waals surface area contributed by atoms with Gasteiger partial charge in [0.15, 0.2) is 0 Å². The van der Waals surface area contributed by atoms with Crippen molar-refractivity contribution >= 4 is 0 Å². The second-order valence-electron chi connectivity index (χ2n) is 5.92. The summed E-state index contributed by atoms with van der Waals surface area (Å²) in [5.41, 5.74) is 2.35. The molecule has 0 saturated heterocycles. The fourth-order valence-electron chi connectivity index (χ4n) is 2.57. The Morgan fingerprint density at radius 3 is 2.04 bits per heavy atom. The van der Waals surface area contributed by atoms with Crippen LogP contribution in [-0.4, -0.2) is 24.0 Å². The van der Waals surface area contributed by atoms with Gasteiger partial charge in [0.05, 0.1) is 20.4 Å². The van der Waals surface area contributed by atoms with Gasteiger partial charge in [-0.05, 0) is 17.7 Å². The number of aromatic nitrogens is 2. The van der Waals surface area contributed by atoms with E-state index in [1.165, 1.54) is 11.1 Å². The minimum absolute atomic E-state index is 0.670. The first-order valence-corrected chi connectivity index (χ1v) is 8.34. The predicted octanol–water partition coefficient (Wildman–Crippen LogP) is 3.52. The summed E-state index contributed by atoms with van der Waals surface area (Å²) < 4.78 is 18.2. The van der Waals surface area contributed by atoms with Gasteiger partial charge in [0.1, 0.15) is 23.0 Å². The summed E-state index contributed by atoms with van der Waals surface area (Å²) in [6.07, 6.45) is 3.87. The minimum atomic E-state index is 0.670. The number of aryl methyl sites for hydroxylation is 1. The normalized spacial score (nSPS) is 10.6. The first-order chi connectivity index (χ1) is 12.7. The fourth-order valence-corrected chi connectivity index (χ4v) is 2.57. The van der Waals surface area contributed by atoms with Gasteiger partial charge >= 0.3 is 0 Å². The van der Waals surface area contributed by atoms with Crippen LogP contribution in [0.1, 0.15) is 11.1 Å². The zero-order chi connectivity index (χ0) is 18.4. The van der Waals surface area contributed by atoms with E-state index in [2.05, 4.69) is 10.4 Å². The second kappa shape index (κ2) is 8.40. The first-order valence-electron chi connectivity index (χ1n) is 8.34. The molecular weight excluding hydrogens is 330 g/mol. The summed E-state index contributed by atoms with van der Waals surface area (Å²) >= 11 is 0. The van der Waals surface area contributed by atoms with Crippen molar-refractivity contribution in [3.63, 3.8) is 0 Å². The molecule has 2 aromatic carbocycles. The lowest BCUT2D eigenvalue weighted by Gasteiger charge is -2.10. The third kappa shape index (κ3) is 4.77. The van der Waals surface area contributed by atoms with Crippen LogP contribution in [0.5, 0.6) is 23.0 Å². The highest BCUT2D eigenvalue weighted by atomic mass is 16.5. The molecule has 0 fully saturated rings. The van der Waals surface area contributed by atoms with Crippen molar-refractivity contribution in [1.82, 2.24) is 15.1 Å². The van der Waals surface area contributed by atoms with Crippen molar-refractivity contribution in [2.75, 3.05) is 14.2 Å². The summed E-state index contributed by atoms with van der Waals surface area (Å²) in [6.45, 7) is 1.57. The number of nitrogens with one attached hydrogen (secondary N) is 1. The molecule has 0 radical (unpaired) electrons. The van der Waals surface area contributed by atoms with Gasteiger partial charge in [0.25, 0.3) is 0 Å². The number of ether oxygens (including phenoxy) is 3. The van der Waals surface area contributed by atoms with Gasteiger partial charge in [-0.25, -0.2) is 0 Å². The van der Waals surface area contributed by atoms with Crippen LogP contribution >= 0.6 is 0 Å². The van der Waals surface area contributed by atoms with Gasteiger partial charge in [0.2, 0.25) is 0 Å². The van der Waals surface area contributed by atoms with Crippen molar-refractivity contribution in [3.8, 4) is 23.0 Å². The fraction of sp³-hybridized carbons (Fsp3) is 0.250. The molecule has 0 unspecified atom stereocenters. The minimum Gasteiger partial charge on any atom is -0.496 e. The van der Waals surface area contributed by atoms with Gasteiger partial charge in [-0.1, -0.05) is 12.1 Å². The van der Waals surface area contributed by atoms with Gasteiger partial charge in [-0.15, -0.1) is 0 Å². The molecule has 0 saturated carbocycles. The van der Waals surface area contributed by atoms with Crippen molar-refractivity contribution < 1.29 is 14.2 Å². The van der Waals surface area contributed by atoms with E-state index in [0.717, 1.165) is 18.8 Å². The molecule has 6 heteroatoms. The Morgan fingerprint density at radius 1 is 0.846 bits per heavy atom. The van der Waals surface area contributed by atoms with Crippen LogP contribution in [0.25, 0.3) is 0 Å². The molecule has 0 aliphatic heterocycles. The van der Waals surface area contributed by atoms with Crippen LogP contribution in [0.3, 0.4) is 0 Å². The van der Waals surface area contributed by atoms with Crippen molar-refractivity contribution in [3.05, 3.63) is 66.0 Å². The Kier molecular flexibility index (Phi) is 5.76. The molecular formula is C20H23N3O3. The van der Waals surface area contributed by atoms with E-state index in [4.69, 9.17) is 14.2 Å². The van der Waals surface area contributed by atoms with Crippen molar-refractivity contribution in [2.24, 2.45) is 7.05 Å². The third-order valence-electron chi connectivity index (χ3n) is 3.90. The summed E-state index contributed by atoms with van der Waals surface area (Å²) in [4.78, 5) is 0. The molecule has 0 aliphatic rings. The largest absolute Gasteiger partial charge is 0.496 e. The molecule has 3 aromatic rings. The second-order valence-corrected chi connectivity index (χ2v) is 5.92. The highest BCUT2D eigenvalue weighted by Crippen LogP contribution is 2.30. The molecule has 1 heterocycles.